The molecule has 1 aromatic rings. The lowest BCUT2D eigenvalue weighted by Crippen LogP contribution is -2.11. The summed E-state index contributed by atoms with van der Waals surface area (Å²) in [5, 5.41) is 4.08. The second-order valence-electron chi connectivity index (χ2n) is 3.54. The summed E-state index contributed by atoms with van der Waals surface area (Å²) in [4.78, 5) is 0. The predicted octanol–water partition coefficient (Wildman–Crippen LogP) is 2.53. The minimum Gasteiger partial charge on any atom is -0.381 e. The fourth-order valence-corrected chi connectivity index (χ4v) is 2.45. The Kier molecular flexibility index (Phi) is 3.54. The maximum absolute atomic E-state index is 11.9. The molecule has 1 aromatic carbocycles. The first-order valence-corrected chi connectivity index (χ1v) is 7.15. The van der Waals surface area contributed by atoms with Crippen LogP contribution < -0.4 is 10.6 Å². The van der Waals surface area contributed by atoms with Crippen molar-refractivity contribution in [3.63, 3.8) is 0 Å². The Balaban J connectivity index is 3.03. The zero-order valence-electron chi connectivity index (χ0n) is 8.66. The SMILES string of the molecule is C=CCNc1ccccc1P(C)(C)=O. The molecule has 0 bridgehead atoms. The van der Waals surface area contributed by atoms with Gasteiger partial charge >= 0.3 is 0 Å². The third-order valence-electron chi connectivity index (χ3n) is 1.92. The molecule has 0 saturated carbocycles. The zero-order chi connectivity index (χ0) is 10.6. The quantitative estimate of drug-likeness (QED) is 0.610. The first-order valence-electron chi connectivity index (χ1n) is 4.55. The van der Waals surface area contributed by atoms with E-state index in [2.05, 4.69) is 11.9 Å². The molecule has 0 heterocycles. The number of hydrogen-bond acceptors (Lipinski definition) is 2. The number of nitrogens with one attached hydrogen (secondary N) is 1. The molecule has 0 aromatic heterocycles. The Morgan fingerprint density at radius 1 is 1.43 bits per heavy atom. The topological polar surface area (TPSA) is 29.1 Å². The van der Waals surface area contributed by atoms with E-state index < -0.39 is 7.14 Å². The van der Waals surface area contributed by atoms with Crippen LogP contribution >= 0.6 is 7.14 Å². The van der Waals surface area contributed by atoms with Crippen molar-refractivity contribution in [2.24, 2.45) is 0 Å². The Morgan fingerprint density at radius 3 is 2.64 bits per heavy atom. The molecule has 0 aliphatic heterocycles. The third kappa shape index (κ3) is 2.74. The summed E-state index contributed by atoms with van der Waals surface area (Å²) < 4.78 is 11.9. The van der Waals surface area contributed by atoms with Gasteiger partial charge in [-0.25, -0.2) is 0 Å². The fourth-order valence-electron chi connectivity index (χ4n) is 1.27. The minimum atomic E-state index is -2.19. The van der Waals surface area contributed by atoms with E-state index in [0.29, 0.717) is 6.54 Å². The van der Waals surface area contributed by atoms with Crippen LogP contribution in [-0.2, 0) is 4.57 Å². The normalized spacial score (nSPS) is 11.0. The molecule has 0 atom stereocenters. The standard InChI is InChI=1S/C11H16NOP/c1-4-9-12-10-7-5-6-8-11(10)14(2,3)13/h4-8,12H,1,9H2,2-3H3. The first-order chi connectivity index (χ1) is 6.55. The third-order valence-corrected chi connectivity index (χ3v) is 3.47. The van der Waals surface area contributed by atoms with Crippen LogP contribution in [0, 0.1) is 0 Å². The largest absolute Gasteiger partial charge is 0.381 e. The summed E-state index contributed by atoms with van der Waals surface area (Å²) >= 11 is 0. The number of para-hydroxylation sites is 1. The second-order valence-corrected chi connectivity index (χ2v) is 6.72. The van der Waals surface area contributed by atoms with Gasteiger partial charge in [0.25, 0.3) is 0 Å². The van der Waals surface area contributed by atoms with Crippen LogP contribution in [0.3, 0.4) is 0 Å². The Bertz CT molecular complexity index is 367. The maximum atomic E-state index is 11.9. The Labute approximate surface area is 85.4 Å². The van der Waals surface area contributed by atoms with E-state index in [-0.39, 0.29) is 0 Å². The van der Waals surface area contributed by atoms with Gasteiger partial charge in [-0.15, -0.1) is 6.58 Å². The van der Waals surface area contributed by atoms with Gasteiger partial charge in [0, 0.05) is 17.5 Å². The monoisotopic (exact) mass is 209 g/mol. The van der Waals surface area contributed by atoms with E-state index in [4.69, 9.17) is 0 Å². The molecule has 1 rings (SSSR count). The lowest BCUT2D eigenvalue weighted by atomic mass is 10.3. The molecule has 76 valence electrons. The molecule has 3 heteroatoms. The Hall–Kier alpha value is -1.01. The molecule has 14 heavy (non-hydrogen) atoms. The van der Waals surface area contributed by atoms with Crippen molar-refractivity contribution in [1.29, 1.82) is 0 Å². The van der Waals surface area contributed by atoms with E-state index in [1.54, 1.807) is 19.4 Å². The van der Waals surface area contributed by atoms with Gasteiger partial charge in [0.1, 0.15) is 7.14 Å². The Morgan fingerprint density at radius 2 is 2.07 bits per heavy atom. The highest BCUT2D eigenvalue weighted by atomic mass is 31.2. The van der Waals surface area contributed by atoms with Crippen LogP contribution in [0.25, 0.3) is 0 Å². The van der Waals surface area contributed by atoms with Crippen molar-refractivity contribution in [3.8, 4) is 0 Å². The lowest BCUT2D eigenvalue weighted by molar-refractivity contribution is 0.588. The highest BCUT2D eigenvalue weighted by molar-refractivity contribution is 7.70. The summed E-state index contributed by atoms with van der Waals surface area (Å²) in [5.74, 6) is 0. The molecule has 0 radical (unpaired) electrons. The minimum absolute atomic E-state index is 0.691. The van der Waals surface area contributed by atoms with E-state index in [1.807, 2.05) is 24.3 Å². The number of rotatable bonds is 4. The molecule has 0 spiro atoms. The van der Waals surface area contributed by atoms with Crippen molar-refractivity contribution in [1.82, 2.24) is 0 Å². The van der Waals surface area contributed by atoms with Crippen molar-refractivity contribution in [2.45, 2.75) is 0 Å². The van der Waals surface area contributed by atoms with E-state index in [0.717, 1.165) is 11.0 Å². The van der Waals surface area contributed by atoms with Crippen LogP contribution in [0.15, 0.2) is 36.9 Å². The lowest BCUT2D eigenvalue weighted by Gasteiger charge is -2.13. The first kappa shape index (κ1) is 11.1. The summed E-state index contributed by atoms with van der Waals surface area (Å²) in [6, 6.07) is 7.70. The molecule has 0 saturated heterocycles. The molecule has 0 aliphatic carbocycles. The van der Waals surface area contributed by atoms with Crippen molar-refractivity contribution in [3.05, 3.63) is 36.9 Å². The van der Waals surface area contributed by atoms with Crippen molar-refractivity contribution in [2.75, 3.05) is 25.2 Å². The van der Waals surface area contributed by atoms with E-state index in [9.17, 15) is 4.57 Å². The zero-order valence-corrected chi connectivity index (χ0v) is 9.55. The molecular weight excluding hydrogens is 193 g/mol. The van der Waals surface area contributed by atoms with Crippen molar-refractivity contribution >= 4 is 18.1 Å². The van der Waals surface area contributed by atoms with Gasteiger partial charge in [0.05, 0.1) is 0 Å². The highest BCUT2D eigenvalue weighted by Crippen LogP contribution is 2.37. The van der Waals surface area contributed by atoms with E-state index in [1.165, 1.54) is 0 Å². The maximum Gasteiger partial charge on any atom is 0.111 e. The number of anilines is 1. The van der Waals surface area contributed by atoms with Gasteiger partial charge in [0.15, 0.2) is 0 Å². The van der Waals surface area contributed by atoms with Gasteiger partial charge in [-0.2, -0.15) is 0 Å². The molecule has 0 fully saturated rings. The van der Waals surface area contributed by atoms with Crippen molar-refractivity contribution < 1.29 is 4.57 Å². The van der Waals surface area contributed by atoms with Crippen LogP contribution in [0.5, 0.6) is 0 Å². The van der Waals surface area contributed by atoms with Gasteiger partial charge in [-0.1, -0.05) is 18.2 Å². The van der Waals surface area contributed by atoms with Crippen LogP contribution in [-0.4, -0.2) is 19.9 Å². The van der Waals surface area contributed by atoms with Crippen LogP contribution in [0.4, 0.5) is 5.69 Å². The van der Waals surface area contributed by atoms with Gasteiger partial charge in [0.2, 0.25) is 0 Å². The molecule has 0 aliphatic rings. The van der Waals surface area contributed by atoms with Gasteiger partial charge < -0.3 is 9.88 Å². The smallest absolute Gasteiger partial charge is 0.111 e. The average Bonchev–Trinajstić information content (AvgIpc) is 2.14. The molecule has 1 N–H and O–H groups in total. The fraction of sp³-hybridized carbons (Fsp3) is 0.273. The number of hydrogen-bond donors (Lipinski definition) is 1. The summed E-state index contributed by atoms with van der Waals surface area (Å²) in [6.45, 7) is 7.89. The average molecular weight is 209 g/mol. The van der Waals surface area contributed by atoms with Crippen LogP contribution in [0.1, 0.15) is 0 Å². The van der Waals surface area contributed by atoms with Gasteiger partial charge in [-0.05, 0) is 25.5 Å². The predicted molar refractivity (Wildman–Crippen MR) is 64.2 cm³/mol. The van der Waals surface area contributed by atoms with E-state index >= 15 is 0 Å². The van der Waals surface area contributed by atoms with Gasteiger partial charge in [-0.3, -0.25) is 0 Å². The molecule has 2 nitrogen and oxygen atoms in total. The molecule has 0 amide bonds. The second kappa shape index (κ2) is 4.47. The molecule has 0 unspecified atom stereocenters. The number of benzene rings is 1. The summed E-state index contributed by atoms with van der Waals surface area (Å²) in [5.41, 5.74) is 0.945. The highest BCUT2D eigenvalue weighted by Gasteiger charge is 2.14. The summed E-state index contributed by atoms with van der Waals surface area (Å²) in [7, 11) is -2.19. The van der Waals surface area contributed by atoms with Crippen LogP contribution in [0.2, 0.25) is 0 Å². The molecular formula is C11H16NOP. The summed E-state index contributed by atoms with van der Waals surface area (Å²) in [6.07, 6.45) is 1.78.